The van der Waals surface area contributed by atoms with E-state index < -0.39 is 23.2 Å². The summed E-state index contributed by atoms with van der Waals surface area (Å²) in [7, 11) is 0. The molecule has 1 atom stereocenters. The molecule has 24 heavy (non-hydrogen) atoms. The molecule has 1 unspecified atom stereocenters. The minimum Gasteiger partial charge on any atom is -1.00 e. The van der Waals surface area contributed by atoms with Crippen LogP contribution in [0.25, 0.3) is 0 Å². The standard InChI is InChI=1S/C14H11BrN.C5H5.2ClH.Zr/c1-10-7-11-9-14(15)16(13(11)8-10)12-5-3-2-4-6-12;1-2-4-5-3-1;;;/h2-9H,1H3;1-3H,4H2;2*1H;/q;;;;+2/p-2. The van der Waals surface area contributed by atoms with Gasteiger partial charge in [-0.1, -0.05) is 0 Å². The Bertz CT molecular complexity index is 780. The number of hydrogen-bond donors (Lipinski definition) is 0. The van der Waals surface area contributed by atoms with Gasteiger partial charge in [0.1, 0.15) is 0 Å². The third kappa shape index (κ3) is 3.60. The quantitative estimate of drug-likeness (QED) is 0.391. The first kappa shape index (κ1) is 20.0. The van der Waals surface area contributed by atoms with Gasteiger partial charge >= 0.3 is 152 Å². The summed E-state index contributed by atoms with van der Waals surface area (Å²) in [6.45, 7) is 2.18. The van der Waals surface area contributed by atoms with Crippen molar-refractivity contribution in [2.24, 2.45) is 0 Å². The number of allylic oxidation sites excluding steroid dienone is 7. The topological polar surface area (TPSA) is 3.24 Å². The Labute approximate surface area is 175 Å². The van der Waals surface area contributed by atoms with Crippen LogP contribution in [0.1, 0.15) is 13.3 Å². The summed E-state index contributed by atoms with van der Waals surface area (Å²) < 4.78 is 1.63. The van der Waals surface area contributed by atoms with Gasteiger partial charge in [0.05, 0.1) is 0 Å². The van der Waals surface area contributed by atoms with Crippen molar-refractivity contribution >= 4 is 21.6 Å². The number of halogens is 3. The molecule has 4 rings (SSSR count). The van der Waals surface area contributed by atoms with Crippen molar-refractivity contribution in [3.05, 3.63) is 86.9 Å². The zero-order chi connectivity index (χ0) is 15.2. The van der Waals surface area contributed by atoms with Crippen molar-refractivity contribution in [2.75, 3.05) is 4.90 Å². The van der Waals surface area contributed by atoms with E-state index in [-0.39, 0.29) is 27.0 Å². The molecule has 0 amide bonds. The van der Waals surface area contributed by atoms with E-state index in [4.69, 9.17) is 0 Å². The second-order valence-electron chi connectivity index (χ2n) is 5.81. The van der Waals surface area contributed by atoms with Gasteiger partial charge in [0, 0.05) is 0 Å². The van der Waals surface area contributed by atoms with Gasteiger partial charge in [-0.25, -0.2) is 0 Å². The van der Waals surface area contributed by atoms with E-state index in [9.17, 15) is 0 Å². The summed E-state index contributed by atoms with van der Waals surface area (Å²) in [5.74, 6) is 0. The molecule has 3 aliphatic rings. The molecule has 0 fully saturated rings. The Balaban J connectivity index is 0.00000104. The number of anilines is 1. The van der Waals surface area contributed by atoms with E-state index >= 15 is 0 Å². The second-order valence-corrected chi connectivity index (χ2v) is 12.9. The Morgan fingerprint density at radius 3 is 2.54 bits per heavy atom. The Morgan fingerprint density at radius 1 is 1.12 bits per heavy atom. The Hall–Kier alpha value is -0.337. The largest absolute Gasteiger partial charge is 1.00 e. The summed E-state index contributed by atoms with van der Waals surface area (Å²) in [6, 6.07) is 10.7. The predicted octanol–water partition coefficient (Wildman–Crippen LogP) is -0.740. The Morgan fingerprint density at radius 2 is 1.88 bits per heavy atom. The molecular weight excluding hydrogens is 484 g/mol. The number of para-hydroxylation sites is 1. The van der Waals surface area contributed by atoms with Gasteiger partial charge in [-0.15, -0.1) is 0 Å². The number of rotatable bonds is 3. The van der Waals surface area contributed by atoms with E-state index in [1.165, 1.54) is 22.5 Å². The summed E-state index contributed by atoms with van der Waals surface area (Å²) in [5, 5.41) is 0. The SMILES string of the molecule is CC1=CC2=C[C](Br)([Zr+2][C]3=CC=CC3)N(c3ccccc3)C2=C1.[Cl-].[Cl-]. The summed E-state index contributed by atoms with van der Waals surface area (Å²) in [6.07, 6.45) is 15.0. The maximum Gasteiger partial charge on any atom is -1.00 e. The third-order valence-corrected chi connectivity index (χ3v) is 9.30. The molecule has 0 spiro atoms. The minimum atomic E-state index is -0.815. The van der Waals surface area contributed by atoms with E-state index in [0.29, 0.717) is 0 Å². The first-order valence-electron chi connectivity index (χ1n) is 7.47. The first-order valence-corrected chi connectivity index (χ1v) is 10.7. The molecule has 1 aromatic carbocycles. The maximum absolute atomic E-state index is 4.12. The molecule has 0 radical (unpaired) electrons. The number of fused-ring (bicyclic) bond motifs is 1. The van der Waals surface area contributed by atoms with Gasteiger partial charge in [-0.2, -0.15) is 0 Å². The maximum atomic E-state index is 4.12. The van der Waals surface area contributed by atoms with E-state index in [0.717, 1.165) is 6.42 Å². The number of hydrogen-bond acceptors (Lipinski definition) is 1. The zero-order valence-electron chi connectivity index (χ0n) is 13.1. The van der Waals surface area contributed by atoms with Crippen molar-refractivity contribution in [3.63, 3.8) is 0 Å². The van der Waals surface area contributed by atoms with E-state index in [1.54, 1.807) is 3.28 Å². The number of alkyl halides is 1. The zero-order valence-corrected chi connectivity index (χ0v) is 18.7. The molecule has 1 aliphatic heterocycles. The average Bonchev–Trinajstić information content (AvgIpc) is 3.15. The van der Waals surface area contributed by atoms with Crippen LogP contribution in [-0.4, -0.2) is 2.16 Å². The van der Waals surface area contributed by atoms with Gasteiger partial charge < -0.3 is 24.8 Å². The molecule has 0 aromatic heterocycles. The predicted molar refractivity (Wildman–Crippen MR) is 92.3 cm³/mol. The molecule has 0 N–H and O–H groups in total. The third-order valence-electron chi connectivity index (χ3n) is 4.08. The van der Waals surface area contributed by atoms with Gasteiger partial charge in [-0.3, -0.25) is 0 Å². The smallest absolute Gasteiger partial charge is 1.00 e. The fourth-order valence-corrected chi connectivity index (χ4v) is 8.86. The molecular formula is C19H16BrCl2NZr. The van der Waals surface area contributed by atoms with Crippen LogP contribution >= 0.6 is 15.9 Å². The van der Waals surface area contributed by atoms with Crippen molar-refractivity contribution in [3.8, 4) is 0 Å². The van der Waals surface area contributed by atoms with Crippen molar-refractivity contribution < 1.29 is 48.0 Å². The van der Waals surface area contributed by atoms with Crippen LogP contribution in [0.2, 0.25) is 0 Å². The van der Waals surface area contributed by atoms with Crippen LogP contribution < -0.4 is 29.7 Å². The molecule has 122 valence electrons. The summed E-state index contributed by atoms with van der Waals surface area (Å²) in [5.41, 5.74) is 5.31. The molecule has 1 heterocycles. The first-order chi connectivity index (χ1) is 10.7. The normalized spacial score (nSPS) is 23.3. The van der Waals surface area contributed by atoms with Crippen LogP contribution in [0.15, 0.2) is 86.9 Å². The second kappa shape index (κ2) is 7.91. The number of benzene rings is 1. The molecule has 1 nitrogen and oxygen atoms in total. The number of nitrogens with zero attached hydrogens (tertiary/aromatic N) is 1. The van der Waals surface area contributed by atoms with Crippen LogP contribution in [0, 0.1) is 0 Å². The molecule has 0 saturated carbocycles. The molecule has 0 saturated heterocycles. The van der Waals surface area contributed by atoms with E-state index in [2.05, 4.69) is 94.5 Å². The van der Waals surface area contributed by atoms with Gasteiger partial charge in [0.2, 0.25) is 0 Å². The van der Waals surface area contributed by atoms with Gasteiger partial charge in [0.25, 0.3) is 0 Å². The summed E-state index contributed by atoms with van der Waals surface area (Å²) in [4.78, 5) is 2.50. The monoisotopic (exact) mass is 497 g/mol. The van der Waals surface area contributed by atoms with Crippen LogP contribution in [0.3, 0.4) is 0 Å². The fraction of sp³-hybridized carbons (Fsp3) is 0.158. The van der Waals surface area contributed by atoms with E-state index in [1.807, 2.05) is 0 Å². The van der Waals surface area contributed by atoms with Crippen LogP contribution in [0.5, 0.6) is 0 Å². The minimum absolute atomic E-state index is 0. The van der Waals surface area contributed by atoms with Crippen molar-refractivity contribution in [1.82, 2.24) is 0 Å². The van der Waals surface area contributed by atoms with Gasteiger partial charge in [-0.05, 0) is 0 Å². The average molecular weight is 500 g/mol. The van der Waals surface area contributed by atoms with Crippen LogP contribution in [-0.2, 0) is 23.2 Å². The Kier molecular flexibility index (Phi) is 6.59. The fourth-order valence-electron chi connectivity index (χ4n) is 3.18. The van der Waals surface area contributed by atoms with Gasteiger partial charge in [0.15, 0.2) is 0 Å². The molecule has 0 bridgehead atoms. The van der Waals surface area contributed by atoms with Crippen molar-refractivity contribution in [1.29, 1.82) is 0 Å². The van der Waals surface area contributed by atoms with Crippen LogP contribution in [0.4, 0.5) is 5.69 Å². The molecule has 5 heteroatoms. The summed E-state index contributed by atoms with van der Waals surface area (Å²) >= 11 is 3.31. The van der Waals surface area contributed by atoms with Crippen molar-refractivity contribution in [2.45, 2.75) is 15.5 Å². The molecule has 2 aliphatic carbocycles. The molecule has 1 aromatic rings.